The number of aliphatic hydroxyl groups is 5. The molecule has 14 heavy (non-hydrogen) atoms. The van der Waals surface area contributed by atoms with Crippen molar-refractivity contribution in [1.82, 2.24) is 0 Å². The first kappa shape index (κ1) is 17.3. The van der Waals surface area contributed by atoms with Crippen LogP contribution in [0.1, 0.15) is 0 Å². The van der Waals surface area contributed by atoms with Crippen LogP contribution in [0.15, 0.2) is 0 Å². The number of carbonyl (C=O) groups is 1. The number of hydrogen-bond donors (Lipinski definition) is 5. The number of hydrogen-bond acceptors (Lipinski definition) is 7. The van der Waals surface area contributed by atoms with Crippen LogP contribution in [0, 0.1) is 0 Å². The Labute approximate surface area is 122 Å². The fourth-order valence-electron chi connectivity index (χ4n) is 0.662. The second-order valence-corrected chi connectivity index (χ2v) is 2.49. The molecule has 0 aromatic carbocycles. The summed E-state index contributed by atoms with van der Waals surface area (Å²) in [5.41, 5.74) is 0. The van der Waals surface area contributed by atoms with Crippen molar-refractivity contribution in [2.45, 2.75) is 24.4 Å². The van der Waals surface area contributed by atoms with Crippen molar-refractivity contribution >= 4 is 5.97 Å². The summed E-state index contributed by atoms with van der Waals surface area (Å²) >= 11 is 0. The Morgan fingerprint density at radius 1 is 1.14 bits per heavy atom. The summed E-state index contributed by atoms with van der Waals surface area (Å²) in [7, 11) is 0. The first-order chi connectivity index (χ1) is 5.91. The molecule has 0 aromatic rings. The predicted octanol–water partition coefficient (Wildman–Crippen LogP) is -7.82. The van der Waals surface area contributed by atoms with E-state index in [1.54, 1.807) is 0 Å². The Bertz CT molecular complexity index is 176. The number of aliphatic carboxylic acids is 1. The molecular weight excluding hydrogens is 223 g/mol. The second-order valence-electron chi connectivity index (χ2n) is 2.49. The van der Waals surface area contributed by atoms with Gasteiger partial charge in [0.25, 0.3) is 0 Å². The molecule has 7 nitrogen and oxygen atoms in total. The second kappa shape index (κ2) is 8.10. The summed E-state index contributed by atoms with van der Waals surface area (Å²) in [4.78, 5) is 9.98. The minimum atomic E-state index is -2.31. The van der Waals surface area contributed by atoms with E-state index in [-0.39, 0.29) is 51.4 Å². The van der Waals surface area contributed by atoms with Crippen LogP contribution in [0.4, 0.5) is 0 Å². The molecule has 0 saturated carbocycles. The third-order valence-corrected chi connectivity index (χ3v) is 1.50. The summed E-state index contributed by atoms with van der Waals surface area (Å²) in [6.07, 6.45) is -8.08. The zero-order chi connectivity index (χ0) is 10.6. The quantitative estimate of drug-likeness (QED) is 0.297. The molecule has 0 bridgehead atoms. The third-order valence-electron chi connectivity index (χ3n) is 1.50. The molecular formula is C6H11KO7. The number of carboxylic acid groups (broad SMARTS) is 1. The van der Waals surface area contributed by atoms with E-state index >= 15 is 0 Å². The van der Waals surface area contributed by atoms with E-state index in [4.69, 9.17) is 25.5 Å². The van der Waals surface area contributed by atoms with Gasteiger partial charge in [-0.2, -0.15) is 0 Å². The maximum atomic E-state index is 9.98. The zero-order valence-electron chi connectivity index (χ0n) is 7.57. The first-order valence-corrected chi connectivity index (χ1v) is 3.45. The monoisotopic (exact) mass is 234 g/mol. The standard InChI is InChI=1S/C6H12O7.K/c7-1-2(8)3(9)4(10)5(11)6(12)13;/h2-5,7-11H,1H2,(H,12,13);/q;+1/p-1/t2-,3+,4+,5+;/m1./s1. The van der Waals surface area contributed by atoms with Crippen molar-refractivity contribution in [3.05, 3.63) is 0 Å². The summed E-state index contributed by atoms with van der Waals surface area (Å²) < 4.78 is 0. The van der Waals surface area contributed by atoms with Crippen LogP contribution in [0.25, 0.3) is 0 Å². The van der Waals surface area contributed by atoms with Crippen molar-refractivity contribution in [3.8, 4) is 0 Å². The molecule has 4 atom stereocenters. The van der Waals surface area contributed by atoms with E-state index in [0.717, 1.165) is 0 Å². The van der Waals surface area contributed by atoms with E-state index < -0.39 is 37.0 Å². The zero-order valence-corrected chi connectivity index (χ0v) is 10.7. The van der Waals surface area contributed by atoms with Gasteiger partial charge < -0.3 is 35.4 Å². The van der Waals surface area contributed by atoms with Crippen molar-refractivity contribution in [3.63, 3.8) is 0 Å². The van der Waals surface area contributed by atoms with Gasteiger partial charge in [0.1, 0.15) is 24.4 Å². The van der Waals surface area contributed by atoms with Crippen LogP contribution in [0.2, 0.25) is 0 Å². The van der Waals surface area contributed by atoms with Gasteiger partial charge in [-0.25, -0.2) is 0 Å². The Kier molecular flexibility index (Phi) is 10.0. The van der Waals surface area contributed by atoms with Crippen LogP contribution >= 0.6 is 0 Å². The van der Waals surface area contributed by atoms with E-state index in [0.29, 0.717) is 0 Å². The predicted molar refractivity (Wildman–Crippen MR) is 36.1 cm³/mol. The number of carbonyl (C=O) groups excluding carboxylic acids is 1. The van der Waals surface area contributed by atoms with E-state index in [1.165, 1.54) is 0 Å². The maximum Gasteiger partial charge on any atom is 1.00 e. The van der Waals surface area contributed by atoms with Gasteiger partial charge in [-0.3, -0.25) is 0 Å². The van der Waals surface area contributed by atoms with Gasteiger partial charge in [0.05, 0.1) is 12.6 Å². The summed E-state index contributed by atoms with van der Waals surface area (Å²) in [5.74, 6) is -1.98. The maximum absolute atomic E-state index is 9.98. The van der Waals surface area contributed by atoms with Crippen LogP contribution in [-0.2, 0) is 4.79 Å². The summed E-state index contributed by atoms with van der Waals surface area (Å²) in [6, 6.07) is 0. The smallest absolute Gasteiger partial charge is 0.547 e. The largest absolute Gasteiger partial charge is 1.00 e. The molecule has 8 heteroatoms. The molecule has 78 valence electrons. The molecule has 0 aliphatic rings. The summed E-state index contributed by atoms with van der Waals surface area (Å²) in [6.45, 7) is -0.863. The molecule has 0 unspecified atom stereocenters. The van der Waals surface area contributed by atoms with E-state index in [1.807, 2.05) is 0 Å². The number of carboxylic acids is 1. The number of rotatable bonds is 5. The van der Waals surface area contributed by atoms with Crippen LogP contribution in [0.3, 0.4) is 0 Å². The molecule has 0 saturated heterocycles. The molecule has 5 N–H and O–H groups in total. The molecule has 0 aliphatic heterocycles. The SMILES string of the molecule is O=C([O-])[C@@H](O)[C@@H](O)[C@@H](O)[C@H](O)CO.[K+]. The average molecular weight is 234 g/mol. The van der Waals surface area contributed by atoms with Gasteiger partial charge in [0, 0.05) is 0 Å². The van der Waals surface area contributed by atoms with Crippen molar-refractivity contribution < 1.29 is 86.8 Å². The van der Waals surface area contributed by atoms with Crippen molar-refractivity contribution in [1.29, 1.82) is 0 Å². The van der Waals surface area contributed by atoms with Crippen LogP contribution in [0.5, 0.6) is 0 Å². The minimum absolute atomic E-state index is 0. The summed E-state index contributed by atoms with van der Waals surface area (Å²) in [5, 5.41) is 53.4. The Morgan fingerprint density at radius 3 is 1.86 bits per heavy atom. The van der Waals surface area contributed by atoms with Gasteiger partial charge in [-0.05, 0) is 0 Å². The molecule has 0 rings (SSSR count). The fraction of sp³-hybridized carbons (Fsp3) is 0.833. The molecule has 0 amide bonds. The van der Waals surface area contributed by atoms with Crippen LogP contribution < -0.4 is 56.5 Å². The van der Waals surface area contributed by atoms with Gasteiger partial charge in [0.15, 0.2) is 0 Å². The average Bonchev–Trinajstić information content (AvgIpc) is 2.12. The fourth-order valence-corrected chi connectivity index (χ4v) is 0.662. The third kappa shape index (κ3) is 5.12. The Balaban J connectivity index is 0. The van der Waals surface area contributed by atoms with Crippen LogP contribution in [-0.4, -0.2) is 62.5 Å². The van der Waals surface area contributed by atoms with Gasteiger partial charge >= 0.3 is 51.4 Å². The van der Waals surface area contributed by atoms with Crippen molar-refractivity contribution in [2.75, 3.05) is 6.61 Å². The molecule has 0 aliphatic carbocycles. The Hall–Kier alpha value is 0.906. The molecule has 0 heterocycles. The first-order valence-electron chi connectivity index (χ1n) is 3.45. The minimum Gasteiger partial charge on any atom is -0.547 e. The van der Waals surface area contributed by atoms with E-state index in [9.17, 15) is 9.90 Å². The Morgan fingerprint density at radius 2 is 1.57 bits per heavy atom. The number of aliphatic hydroxyl groups excluding tert-OH is 5. The molecule has 0 spiro atoms. The van der Waals surface area contributed by atoms with Gasteiger partial charge in [-0.15, -0.1) is 0 Å². The topological polar surface area (TPSA) is 141 Å². The molecule has 0 aromatic heterocycles. The van der Waals surface area contributed by atoms with Gasteiger partial charge in [-0.1, -0.05) is 0 Å². The van der Waals surface area contributed by atoms with Gasteiger partial charge in [0.2, 0.25) is 0 Å². The van der Waals surface area contributed by atoms with Crippen molar-refractivity contribution in [2.24, 2.45) is 0 Å². The molecule has 0 radical (unpaired) electrons. The normalized spacial score (nSPS) is 18.9. The van der Waals surface area contributed by atoms with E-state index in [2.05, 4.69) is 0 Å². The molecule has 0 fully saturated rings.